The fourth-order valence-electron chi connectivity index (χ4n) is 2.59. The van der Waals surface area contributed by atoms with Gasteiger partial charge >= 0.3 is 0 Å². The van der Waals surface area contributed by atoms with Gasteiger partial charge in [0.2, 0.25) is 0 Å². The monoisotopic (exact) mass is 599 g/mol. The molecule has 178 valence electrons. The van der Waals surface area contributed by atoms with Crippen LogP contribution in [0.2, 0.25) is 0 Å². The number of thiocarbonyl (C=S) groups is 1. The molecule has 0 bridgehead atoms. The number of carbonyl (C=O) groups excluding carboxylic acids is 2. The maximum atomic E-state index is 12.4. The zero-order chi connectivity index (χ0) is 24.8. The van der Waals surface area contributed by atoms with Crippen molar-refractivity contribution >= 4 is 61.0 Å². The van der Waals surface area contributed by atoms with Crippen molar-refractivity contribution in [2.24, 2.45) is 0 Å². The van der Waals surface area contributed by atoms with Crippen LogP contribution < -0.4 is 25.6 Å². The van der Waals surface area contributed by atoms with Gasteiger partial charge < -0.3 is 9.47 Å². The molecular formula is C23H27Br2N3O4S. The summed E-state index contributed by atoms with van der Waals surface area (Å²) in [7, 11) is 0. The Bertz CT molecular complexity index is 1040. The van der Waals surface area contributed by atoms with Crippen molar-refractivity contribution in [3.63, 3.8) is 0 Å². The summed E-state index contributed by atoms with van der Waals surface area (Å²) < 4.78 is 12.6. The Morgan fingerprint density at radius 3 is 2.21 bits per heavy atom. The van der Waals surface area contributed by atoms with Crippen LogP contribution in [0.4, 0.5) is 0 Å². The van der Waals surface area contributed by atoms with Gasteiger partial charge in [0.1, 0.15) is 11.5 Å². The van der Waals surface area contributed by atoms with Gasteiger partial charge in [-0.2, -0.15) is 0 Å². The fourth-order valence-corrected chi connectivity index (χ4v) is 3.70. The normalized spacial score (nSPS) is 11.0. The molecule has 7 nitrogen and oxygen atoms in total. The number of benzene rings is 2. The van der Waals surface area contributed by atoms with Crippen LogP contribution in [0.1, 0.15) is 50.5 Å². The molecule has 0 saturated carbocycles. The third-order valence-electron chi connectivity index (χ3n) is 4.26. The maximum absolute atomic E-state index is 12.4. The minimum atomic E-state index is -0.462. The average Bonchev–Trinajstić information content (AvgIpc) is 2.71. The highest BCUT2D eigenvalue weighted by Gasteiger charge is 2.16. The lowest BCUT2D eigenvalue weighted by atomic mass is 9.87. The molecule has 0 aromatic heterocycles. The number of amides is 2. The van der Waals surface area contributed by atoms with Gasteiger partial charge in [-0.05, 0) is 99.2 Å². The predicted octanol–water partition coefficient (Wildman–Crippen LogP) is 5.01. The van der Waals surface area contributed by atoms with Gasteiger partial charge in [0.25, 0.3) is 11.8 Å². The van der Waals surface area contributed by atoms with E-state index in [0.29, 0.717) is 21.5 Å². The van der Waals surface area contributed by atoms with Crippen molar-refractivity contribution in [2.45, 2.75) is 46.1 Å². The number of hydrogen-bond donors (Lipinski definition) is 3. The lowest BCUT2D eigenvalue weighted by molar-refractivity contribution is -0.123. The van der Waals surface area contributed by atoms with Crippen molar-refractivity contribution < 1.29 is 19.1 Å². The Morgan fingerprint density at radius 2 is 1.64 bits per heavy atom. The highest BCUT2D eigenvalue weighted by molar-refractivity contribution is 9.10. The van der Waals surface area contributed by atoms with Gasteiger partial charge in [-0.15, -0.1) is 0 Å². The second-order valence-electron chi connectivity index (χ2n) is 8.45. The van der Waals surface area contributed by atoms with E-state index in [2.05, 4.69) is 68.8 Å². The Morgan fingerprint density at radius 1 is 1.00 bits per heavy atom. The Labute approximate surface area is 216 Å². The number of rotatable bonds is 6. The summed E-state index contributed by atoms with van der Waals surface area (Å²) in [6.07, 6.45) is 0.00862. The summed E-state index contributed by atoms with van der Waals surface area (Å²) in [5, 5.41) is 2.45. The van der Waals surface area contributed by atoms with Crippen LogP contribution in [0.25, 0.3) is 0 Å². The lowest BCUT2D eigenvalue weighted by Gasteiger charge is -2.20. The van der Waals surface area contributed by atoms with E-state index >= 15 is 0 Å². The van der Waals surface area contributed by atoms with Crippen molar-refractivity contribution in [3.05, 3.63) is 56.5 Å². The topological polar surface area (TPSA) is 88.7 Å². The lowest BCUT2D eigenvalue weighted by Crippen LogP contribution is -2.49. The molecule has 2 aromatic rings. The molecule has 3 N–H and O–H groups in total. The van der Waals surface area contributed by atoms with Gasteiger partial charge in [-0.25, -0.2) is 0 Å². The fraction of sp³-hybridized carbons (Fsp3) is 0.348. The van der Waals surface area contributed by atoms with Crippen LogP contribution in [-0.4, -0.2) is 29.6 Å². The average molecular weight is 601 g/mol. The van der Waals surface area contributed by atoms with Crippen LogP contribution in [-0.2, 0) is 10.2 Å². The molecule has 0 fully saturated rings. The van der Waals surface area contributed by atoms with E-state index in [9.17, 15) is 9.59 Å². The van der Waals surface area contributed by atoms with Crippen LogP contribution in [0.5, 0.6) is 11.5 Å². The summed E-state index contributed by atoms with van der Waals surface area (Å²) >= 11 is 11.9. The van der Waals surface area contributed by atoms with Gasteiger partial charge in [0, 0.05) is 5.56 Å². The van der Waals surface area contributed by atoms with Gasteiger partial charge in [-0.1, -0.05) is 26.8 Å². The summed E-state index contributed by atoms with van der Waals surface area (Å²) in [5.41, 5.74) is 6.40. The Balaban J connectivity index is 1.82. The number of hydrogen-bond acceptors (Lipinski definition) is 5. The number of ether oxygens (including phenoxy) is 2. The molecule has 0 unspecified atom stereocenters. The molecule has 2 rings (SSSR count). The molecule has 0 heterocycles. The molecule has 0 aliphatic carbocycles. The quantitative estimate of drug-likeness (QED) is 0.319. The largest absolute Gasteiger partial charge is 0.490 e. The van der Waals surface area contributed by atoms with E-state index in [1.165, 1.54) is 0 Å². The first-order valence-electron chi connectivity index (χ1n) is 10.2. The number of carbonyl (C=O) groups is 2. The molecule has 0 aliphatic rings. The molecule has 0 radical (unpaired) electrons. The number of nitrogens with one attached hydrogen (secondary N) is 3. The summed E-state index contributed by atoms with van der Waals surface area (Å²) in [5.74, 6) is 0.285. The molecule has 33 heavy (non-hydrogen) atoms. The molecular weight excluding hydrogens is 574 g/mol. The van der Waals surface area contributed by atoms with Crippen LogP contribution >= 0.6 is 44.1 Å². The van der Waals surface area contributed by atoms with E-state index in [1.807, 2.05) is 32.0 Å². The van der Waals surface area contributed by atoms with Crippen molar-refractivity contribution in [1.29, 1.82) is 0 Å². The van der Waals surface area contributed by atoms with E-state index in [1.54, 1.807) is 18.2 Å². The summed E-state index contributed by atoms with van der Waals surface area (Å²) in [6.45, 7) is 9.94. The first kappa shape index (κ1) is 27.1. The number of halogens is 2. The van der Waals surface area contributed by atoms with Crippen molar-refractivity contribution in [1.82, 2.24) is 16.2 Å². The zero-order valence-corrected chi connectivity index (χ0v) is 23.0. The third-order valence-corrected chi connectivity index (χ3v) is 5.70. The molecule has 0 spiro atoms. The van der Waals surface area contributed by atoms with Crippen molar-refractivity contribution in [3.8, 4) is 11.5 Å². The zero-order valence-electron chi connectivity index (χ0n) is 19.0. The molecule has 2 aromatic carbocycles. The smallest absolute Gasteiger partial charge is 0.276 e. The van der Waals surface area contributed by atoms with Crippen molar-refractivity contribution in [2.75, 3.05) is 6.61 Å². The highest BCUT2D eigenvalue weighted by atomic mass is 79.9. The second-order valence-corrected chi connectivity index (χ2v) is 10.6. The number of hydrazine groups is 1. The van der Waals surface area contributed by atoms with Crippen LogP contribution in [0.3, 0.4) is 0 Å². The van der Waals surface area contributed by atoms with Gasteiger partial charge in [-0.3, -0.25) is 25.8 Å². The van der Waals surface area contributed by atoms with E-state index in [4.69, 9.17) is 21.7 Å². The maximum Gasteiger partial charge on any atom is 0.276 e. The first-order chi connectivity index (χ1) is 15.4. The van der Waals surface area contributed by atoms with Gasteiger partial charge in [0.15, 0.2) is 11.7 Å². The van der Waals surface area contributed by atoms with Crippen LogP contribution in [0.15, 0.2) is 45.3 Å². The minimum Gasteiger partial charge on any atom is -0.490 e. The second kappa shape index (κ2) is 11.8. The standard InChI is InChI=1S/C23H27Br2N3O4S/c1-13(2)32-19-8-6-14(10-16(19)24)21(30)26-22(33)28-27-20(29)12-31-18-9-7-15(11-17(18)25)23(3,4)5/h6-11,13H,12H2,1-5H3,(H,27,29)(H2,26,28,30,33). The van der Waals surface area contributed by atoms with E-state index in [0.717, 1.165) is 10.0 Å². The predicted molar refractivity (Wildman–Crippen MR) is 140 cm³/mol. The molecule has 10 heteroatoms. The van der Waals surface area contributed by atoms with Crippen LogP contribution in [0, 0.1) is 0 Å². The third kappa shape index (κ3) is 8.60. The molecule has 0 aliphatic heterocycles. The first-order valence-corrected chi connectivity index (χ1v) is 12.2. The summed E-state index contributed by atoms with van der Waals surface area (Å²) in [6, 6.07) is 10.7. The minimum absolute atomic E-state index is 0.00244. The Kier molecular flexibility index (Phi) is 9.69. The van der Waals surface area contributed by atoms with E-state index < -0.39 is 11.8 Å². The molecule has 2 amide bonds. The SMILES string of the molecule is CC(C)Oc1ccc(C(=O)NC(=S)NNC(=O)COc2ccc(C(C)(C)C)cc2Br)cc1Br. The highest BCUT2D eigenvalue weighted by Crippen LogP contribution is 2.31. The summed E-state index contributed by atoms with van der Waals surface area (Å²) in [4.78, 5) is 24.5. The molecule has 0 atom stereocenters. The van der Waals surface area contributed by atoms with E-state index in [-0.39, 0.29) is 23.2 Å². The van der Waals surface area contributed by atoms with Gasteiger partial charge in [0.05, 0.1) is 15.0 Å². The molecule has 0 saturated heterocycles. The Hall–Kier alpha value is -2.17.